The minimum absolute atomic E-state index is 0.00931. The van der Waals surface area contributed by atoms with Crippen molar-refractivity contribution in [1.82, 2.24) is 5.32 Å². The van der Waals surface area contributed by atoms with Crippen molar-refractivity contribution in [2.75, 3.05) is 14.2 Å². The fraction of sp³-hybridized carbons (Fsp3) is 0.545. The molecule has 4 heteroatoms. The van der Waals surface area contributed by atoms with Gasteiger partial charge in [0.05, 0.1) is 18.6 Å². The fourth-order valence-corrected chi connectivity index (χ4v) is 2.72. The lowest BCUT2D eigenvalue weighted by Gasteiger charge is -2.30. The average molecular weight is 227 g/mol. The van der Waals surface area contributed by atoms with Crippen molar-refractivity contribution in [2.24, 2.45) is 5.41 Å². The van der Waals surface area contributed by atoms with E-state index in [1.54, 1.807) is 11.3 Å². The Morgan fingerprint density at radius 2 is 2.27 bits per heavy atom. The molecule has 1 aromatic rings. The topological polar surface area (TPSA) is 38.3 Å². The summed E-state index contributed by atoms with van der Waals surface area (Å²) in [6, 6.07) is 4.00. The van der Waals surface area contributed by atoms with Crippen molar-refractivity contribution in [3.05, 3.63) is 22.4 Å². The van der Waals surface area contributed by atoms with Gasteiger partial charge in [-0.3, -0.25) is 4.79 Å². The number of methoxy groups -OCH3 is 1. The minimum Gasteiger partial charge on any atom is -0.469 e. The maximum absolute atomic E-state index is 11.7. The zero-order valence-corrected chi connectivity index (χ0v) is 10.4. The molecule has 1 atom stereocenters. The Labute approximate surface area is 94.5 Å². The molecule has 1 unspecified atom stereocenters. The number of ether oxygens (including phenoxy) is 1. The first kappa shape index (κ1) is 12.2. The molecule has 0 bridgehead atoms. The van der Waals surface area contributed by atoms with Gasteiger partial charge in [-0.05, 0) is 32.3 Å². The van der Waals surface area contributed by atoms with E-state index in [2.05, 4.69) is 5.32 Å². The summed E-state index contributed by atoms with van der Waals surface area (Å²) >= 11 is 1.64. The molecule has 1 rings (SSSR count). The van der Waals surface area contributed by atoms with E-state index in [0.717, 1.165) is 4.88 Å². The Kier molecular flexibility index (Phi) is 3.88. The largest absolute Gasteiger partial charge is 0.469 e. The summed E-state index contributed by atoms with van der Waals surface area (Å²) in [5.41, 5.74) is -0.561. The third-order valence-electron chi connectivity index (χ3n) is 2.55. The Hall–Kier alpha value is -0.870. The van der Waals surface area contributed by atoms with E-state index in [1.165, 1.54) is 7.11 Å². The molecule has 0 aliphatic carbocycles. The van der Waals surface area contributed by atoms with Crippen LogP contribution in [0.3, 0.4) is 0 Å². The van der Waals surface area contributed by atoms with Crippen LogP contribution < -0.4 is 5.32 Å². The molecule has 1 N–H and O–H groups in total. The second-order valence-electron chi connectivity index (χ2n) is 3.95. The van der Waals surface area contributed by atoms with Gasteiger partial charge in [0.2, 0.25) is 0 Å². The summed E-state index contributed by atoms with van der Waals surface area (Å²) in [6.07, 6.45) is 0. The number of thiophene rings is 1. The molecule has 84 valence electrons. The molecular weight excluding hydrogens is 210 g/mol. The van der Waals surface area contributed by atoms with Crippen LogP contribution in [0.4, 0.5) is 0 Å². The molecule has 0 amide bonds. The molecule has 0 saturated carbocycles. The van der Waals surface area contributed by atoms with Crippen LogP contribution in [0, 0.1) is 5.41 Å². The van der Waals surface area contributed by atoms with E-state index >= 15 is 0 Å². The van der Waals surface area contributed by atoms with Crippen LogP contribution in [-0.4, -0.2) is 20.1 Å². The van der Waals surface area contributed by atoms with Crippen LogP contribution in [0.1, 0.15) is 24.8 Å². The summed E-state index contributed by atoms with van der Waals surface area (Å²) in [5, 5.41) is 5.18. The highest BCUT2D eigenvalue weighted by molar-refractivity contribution is 7.10. The molecular formula is C11H17NO2S. The van der Waals surface area contributed by atoms with E-state index in [-0.39, 0.29) is 12.0 Å². The monoisotopic (exact) mass is 227 g/mol. The van der Waals surface area contributed by atoms with Crippen molar-refractivity contribution >= 4 is 17.3 Å². The minimum atomic E-state index is -0.561. The van der Waals surface area contributed by atoms with Crippen LogP contribution >= 0.6 is 11.3 Å². The van der Waals surface area contributed by atoms with Crippen LogP contribution in [0.15, 0.2) is 17.5 Å². The number of hydrogen-bond donors (Lipinski definition) is 1. The predicted octanol–water partition coefficient (Wildman–Crippen LogP) is 2.21. The highest BCUT2D eigenvalue weighted by Gasteiger charge is 2.38. The Bertz CT molecular complexity index is 319. The van der Waals surface area contributed by atoms with E-state index in [9.17, 15) is 4.79 Å². The number of nitrogens with one attached hydrogen (secondary N) is 1. The van der Waals surface area contributed by atoms with Crippen LogP contribution in [0.2, 0.25) is 0 Å². The number of rotatable bonds is 4. The van der Waals surface area contributed by atoms with Gasteiger partial charge < -0.3 is 10.1 Å². The maximum Gasteiger partial charge on any atom is 0.313 e. The zero-order chi connectivity index (χ0) is 11.5. The smallest absolute Gasteiger partial charge is 0.313 e. The molecule has 1 aromatic heterocycles. The van der Waals surface area contributed by atoms with Gasteiger partial charge in [-0.15, -0.1) is 11.3 Å². The van der Waals surface area contributed by atoms with E-state index in [4.69, 9.17) is 4.74 Å². The number of carbonyl (C=O) groups excluding carboxylic acids is 1. The zero-order valence-electron chi connectivity index (χ0n) is 9.53. The van der Waals surface area contributed by atoms with Gasteiger partial charge in [-0.2, -0.15) is 0 Å². The van der Waals surface area contributed by atoms with Crippen LogP contribution in [0.5, 0.6) is 0 Å². The molecule has 0 aliphatic rings. The first-order chi connectivity index (χ1) is 7.04. The molecule has 0 aromatic carbocycles. The van der Waals surface area contributed by atoms with Crippen LogP contribution in [0.25, 0.3) is 0 Å². The molecule has 0 spiro atoms. The maximum atomic E-state index is 11.7. The lowest BCUT2D eigenvalue weighted by atomic mass is 9.83. The highest BCUT2D eigenvalue weighted by Crippen LogP contribution is 2.36. The van der Waals surface area contributed by atoms with E-state index < -0.39 is 5.41 Å². The van der Waals surface area contributed by atoms with Gasteiger partial charge >= 0.3 is 5.97 Å². The van der Waals surface area contributed by atoms with Crippen molar-refractivity contribution in [3.63, 3.8) is 0 Å². The predicted molar refractivity (Wildman–Crippen MR) is 61.9 cm³/mol. The number of hydrogen-bond acceptors (Lipinski definition) is 4. The molecule has 0 saturated heterocycles. The summed E-state index contributed by atoms with van der Waals surface area (Å²) in [5.74, 6) is -0.199. The van der Waals surface area contributed by atoms with Gasteiger partial charge in [-0.1, -0.05) is 6.07 Å². The number of esters is 1. The Morgan fingerprint density at radius 3 is 2.67 bits per heavy atom. The Balaban J connectivity index is 2.97. The van der Waals surface area contributed by atoms with E-state index in [0.29, 0.717) is 0 Å². The molecule has 3 nitrogen and oxygen atoms in total. The van der Waals surface area contributed by atoms with Crippen molar-refractivity contribution in [3.8, 4) is 0 Å². The fourth-order valence-electron chi connectivity index (χ4n) is 1.70. The van der Waals surface area contributed by atoms with E-state index in [1.807, 2.05) is 38.4 Å². The van der Waals surface area contributed by atoms with Crippen molar-refractivity contribution in [1.29, 1.82) is 0 Å². The first-order valence-electron chi connectivity index (χ1n) is 4.83. The summed E-state index contributed by atoms with van der Waals surface area (Å²) in [6.45, 7) is 3.78. The Morgan fingerprint density at radius 1 is 1.60 bits per heavy atom. The third-order valence-corrected chi connectivity index (χ3v) is 3.49. The summed E-state index contributed by atoms with van der Waals surface area (Å²) in [4.78, 5) is 12.8. The average Bonchev–Trinajstić information content (AvgIpc) is 2.70. The van der Waals surface area contributed by atoms with Gasteiger partial charge in [0.1, 0.15) is 0 Å². The number of carbonyl (C=O) groups is 1. The van der Waals surface area contributed by atoms with Gasteiger partial charge in [0, 0.05) is 4.88 Å². The van der Waals surface area contributed by atoms with Gasteiger partial charge in [-0.25, -0.2) is 0 Å². The van der Waals surface area contributed by atoms with Gasteiger partial charge in [0.15, 0.2) is 0 Å². The molecule has 15 heavy (non-hydrogen) atoms. The van der Waals surface area contributed by atoms with Crippen molar-refractivity contribution < 1.29 is 9.53 Å². The highest BCUT2D eigenvalue weighted by atomic mass is 32.1. The summed E-state index contributed by atoms with van der Waals surface area (Å²) < 4.78 is 4.82. The standard InChI is InChI=1S/C11H17NO2S/c1-11(2,10(13)14-4)9(12-3)8-6-5-7-15-8/h5-7,9,12H,1-4H3. The molecule has 0 aliphatic heterocycles. The normalized spacial score (nSPS) is 13.6. The van der Waals surface area contributed by atoms with Crippen molar-refractivity contribution in [2.45, 2.75) is 19.9 Å². The third kappa shape index (κ3) is 2.38. The lowest BCUT2D eigenvalue weighted by Crippen LogP contribution is -2.38. The molecule has 1 heterocycles. The van der Waals surface area contributed by atoms with Crippen LogP contribution in [-0.2, 0) is 9.53 Å². The molecule has 0 fully saturated rings. The first-order valence-corrected chi connectivity index (χ1v) is 5.71. The summed E-state index contributed by atoms with van der Waals surface area (Å²) in [7, 11) is 3.28. The SMILES string of the molecule is CNC(c1cccs1)C(C)(C)C(=O)OC. The second-order valence-corrected chi connectivity index (χ2v) is 4.93. The van der Waals surface area contributed by atoms with Gasteiger partial charge in [0.25, 0.3) is 0 Å². The lowest BCUT2D eigenvalue weighted by molar-refractivity contribution is -0.152. The molecule has 0 radical (unpaired) electrons. The second kappa shape index (κ2) is 4.77. The quantitative estimate of drug-likeness (QED) is 0.801.